The van der Waals surface area contributed by atoms with E-state index in [0.717, 1.165) is 29.2 Å². The summed E-state index contributed by atoms with van der Waals surface area (Å²) in [4.78, 5) is 7.98. The second kappa shape index (κ2) is 6.29. The Balaban J connectivity index is 1.75. The summed E-state index contributed by atoms with van der Waals surface area (Å²) in [5.41, 5.74) is 1.25. The second-order valence-electron chi connectivity index (χ2n) is 4.65. The third kappa shape index (κ3) is 3.26. The molecule has 0 fully saturated rings. The summed E-state index contributed by atoms with van der Waals surface area (Å²) in [5.74, 6) is 0.730. The summed E-state index contributed by atoms with van der Waals surface area (Å²) < 4.78 is 0. The number of nitrogens with one attached hydrogen (secondary N) is 1. The Morgan fingerprint density at radius 2 is 1.76 bits per heavy atom. The molecule has 0 spiro atoms. The van der Waals surface area contributed by atoms with Crippen molar-refractivity contribution in [3.63, 3.8) is 0 Å². The molecule has 1 N–H and O–H groups in total. The fourth-order valence-corrected chi connectivity index (χ4v) is 2.67. The highest BCUT2D eigenvalue weighted by atomic mass is 35.5. The fraction of sp³-hybridized carbons (Fsp3) is 0.125. The van der Waals surface area contributed by atoms with Crippen molar-refractivity contribution >= 4 is 39.8 Å². The smallest absolute Gasteiger partial charge is 0.134 e. The van der Waals surface area contributed by atoms with Crippen LogP contribution >= 0.6 is 23.2 Å². The number of anilines is 1. The van der Waals surface area contributed by atoms with Gasteiger partial charge in [0, 0.05) is 23.0 Å². The normalized spacial score (nSPS) is 10.8. The molecule has 5 heteroatoms. The van der Waals surface area contributed by atoms with Crippen molar-refractivity contribution in [2.45, 2.75) is 6.42 Å². The van der Waals surface area contributed by atoms with Crippen molar-refractivity contribution in [3.8, 4) is 0 Å². The summed E-state index contributed by atoms with van der Waals surface area (Å²) in [6, 6.07) is 13.9. The third-order valence-electron chi connectivity index (χ3n) is 3.30. The van der Waals surface area contributed by atoms with Crippen LogP contribution in [0, 0.1) is 0 Å². The number of rotatable bonds is 4. The first-order valence-corrected chi connectivity index (χ1v) is 7.37. The van der Waals surface area contributed by atoms with Crippen LogP contribution in [0.4, 0.5) is 5.82 Å². The number of hydrogen-bond acceptors (Lipinski definition) is 3. The molecule has 2 aromatic carbocycles. The van der Waals surface area contributed by atoms with Crippen molar-refractivity contribution < 1.29 is 0 Å². The zero-order valence-electron chi connectivity index (χ0n) is 11.2. The zero-order valence-corrected chi connectivity index (χ0v) is 12.7. The number of fused-ring (bicyclic) bond motifs is 1. The molecule has 0 atom stereocenters. The minimum atomic E-state index is 0.435. The number of halogens is 2. The van der Waals surface area contributed by atoms with Gasteiger partial charge in [0.15, 0.2) is 0 Å². The lowest BCUT2D eigenvalue weighted by Crippen LogP contribution is -2.06. The molecule has 106 valence electrons. The second-order valence-corrected chi connectivity index (χ2v) is 5.45. The van der Waals surface area contributed by atoms with Crippen molar-refractivity contribution in [1.82, 2.24) is 9.97 Å². The standard InChI is InChI=1S/C16H13Cl2N3/c17-14-6-5-11(12-3-1-2-4-13(12)14)7-8-19-16-9-15(18)20-10-21-16/h1-6,9-10H,7-8H2,(H,19,20,21). The van der Waals surface area contributed by atoms with E-state index in [4.69, 9.17) is 23.2 Å². The Labute approximate surface area is 132 Å². The van der Waals surface area contributed by atoms with Crippen molar-refractivity contribution in [1.29, 1.82) is 0 Å². The van der Waals surface area contributed by atoms with Gasteiger partial charge in [0.05, 0.1) is 0 Å². The molecule has 0 bridgehead atoms. The van der Waals surface area contributed by atoms with Gasteiger partial charge in [0.1, 0.15) is 17.3 Å². The molecule has 0 aliphatic heterocycles. The van der Waals surface area contributed by atoms with Crippen LogP contribution in [0.2, 0.25) is 10.2 Å². The molecule has 1 aromatic heterocycles. The highest BCUT2D eigenvalue weighted by molar-refractivity contribution is 6.35. The molecule has 3 nitrogen and oxygen atoms in total. The van der Waals surface area contributed by atoms with Crippen molar-refractivity contribution in [2.24, 2.45) is 0 Å². The molecular formula is C16H13Cl2N3. The maximum atomic E-state index is 6.23. The number of hydrogen-bond donors (Lipinski definition) is 1. The highest BCUT2D eigenvalue weighted by Gasteiger charge is 2.04. The molecule has 0 radical (unpaired) electrons. The molecular weight excluding hydrogens is 305 g/mol. The van der Waals surface area contributed by atoms with Gasteiger partial charge in [-0.2, -0.15) is 0 Å². The minimum absolute atomic E-state index is 0.435. The number of aromatic nitrogens is 2. The Morgan fingerprint density at radius 1 is 0.952 bits per heavy atom. The van der Waals surface area contributed by atoms with E-state index in [2.05, 4.69) is 27.4 Å². The van der Waals surface area contributed by atoms with E-state index in [9.17, 15) is 0 Å². The van der Waals surface area contributed by atoms with Crippen molar-refractivity contribution in [3.05, 3.63) is 64.5 Å². The predicted octanol–water partition coefficient (Wildman–Crippen LogP) is 4.59. The van der Waals surface area contributed by atoms with E-state index >= 15 is 0 Å². The van der Waals surface area contributed by atoms with E-state index in [1.165, 1.54) is 17.3 Å². The largest absolute Gasteiger partial charge is 0.370 e. The average Bonchev–Trinajstić information content (AvgIpc) is 2.50. The Morgan fingerprint density at radius 3 is 2.57 bits per heavy atom. The molecule has 0 aliphatic carbocycles. The molecule has 0 aliphatic rings. The monoisotopic (exact) mass is 317 g/mol. The van der Waals surface area contributed by atoms with Gasteiger partial charge in [0.2, 0.25) is 0 Å². The molecule has 0 saturated heterocycles. The van der Waals surface area contributed by atoms with E-state index in [0.29, 0.717) is 5.15 Å². The highest BCUT2D eigenvalue weighted by Crippen LogP contribution is 2.26. The van der Waals surface area contributed by atoms with Crippen LogP contribution in [-0.2, 0) is 6.42 Å². The SMILES string of the molecule is Clc1cc(NCCc2ccc(Cl)c3ccccc23)ncn1. The Bertz CT molecular complexity index is 774. The summed E-state index contributed by atoms with van der Waals surface area (Å²) in [5, 5.41) is 6.73. The molecule has 0 unspecified atom stereocenters. The lowest BCUT2D eigenvalue weighted by atomic mass is 10.0. The van der Waals surface area contributed by atoms with Crippen LogP contribution in [0.3, 0.4) is 0 Å². The van der Waals surface area contributed by atoms with Gasteiger partial charge in [0.25, 0.3) is 0 Å². The van der Waals surface area contributed by atoms with Gasteiger partial charge in [-0.1, -0.05) is 53.5 Å². The van der Waals surface area contributed by atoms with Crippen LogP contribution in [-0.4, -0.2) is 16.5 Å². The molecule has 0 saturated carbocycles. The van der Waals surface area contributed by atoms with Gasteiger partial charge < -0.3 is 5.32 Å². The first-order chi connectivity index (χ1) is 10.2. The lowest BCUT2D eigenvalue weighted by Gasteiger charge is -2.09. The van der Waals surface area contributed by atoms with Gasteiger partial charge >= 0.3 is 0 Å². The summed E-state index contributed by atoms with van der Waals surface area (Å²) in [7, 11) is 0. The van der Waals surface area contributed by atoms with E-state index in [1.54, 1.807) is 6.07 Å². The predicted molar refractivity (Wildman–Crippen MR) is 88.2 cm³/mol. The fourth-order valence-electron chi connectivity index (χ4n) is 2.30. The lowest BCUT2D eigenvalue weighted by molar-refractivity contribution is 1.01. The maximum absolute atomic E-state index is 6.23. The molecule has 21 heavy (non-hydrogen) atoms. The number of nitrogens with zero attached hydrogens (tertiary/aromatic N) is 2. The third-order valence-corrected chi connectivity index (χ3v) is 3.83. The van der Waals surface area contributed by atoms with Gasteiger partial charge in [-0.15, -0.1) is 0 Å². The Hall–Kier alpha value is -1.84. The van der Waals surface area contributed by atoms with Crippen LogP contribution in [0.15, 0.2) is 48.8 Å². The molecule has 3 rings (SSSR count). The van der Waals surface area contributed by atoms with Crippen LogP contribution in [0.5, 0.6) is 0 Å². The van der Waals surface area contributed by atoms with Gasteiger partial charge in [-0.25, -0.2) is 9.97 Å². The maximum Gasteiger partial charge on any atom is 0.134 e. The zero-order chi connectivity index (χ0) is 14.7. The Kier molecular flexibility index (Phi) is 4.23. The summed E-state index contributed by atoms with van der Waals surface area (Å²) in [6.45, 7) is 0.763. The van der Waals surface area contributed by atoms with Crippen LogP contribution in [0.1, 0.15) is 5.56 Å². The minimum Gasteiger partial charge on any atom is -0.370 e. The molecule has 0 amide bonds. The molecule has 1 heterocycles. The first-order valence-electron chi connectivity index (χ1n) is 6.61. The first kappa shape index (κ1) is 14.1. The van der Waals surface area contributed by atoms with Gasteiger partial charge in [-0.05, 0) is 23.4 Å². The van der Waals surface area contributed by atoms with Crippen LogP contribution in [0.25, 0.3) is 10.8 Å². The van der Waals surface area contributed by atoms with Gasteiger partial charge in [-0.3, -0.25) is 0 Å². The number of benzene rings is 2. The van der Waals surface area contributed by atoms with E-state index < -0.39 is 0 Å². The summed E-state index contributed by atoms with van der Waals surface area (Å²) in [6.07, 6.45) is 2.32. The van der Waals surface area contributed by atoms with E-state index in [1.807, 2.05) is 24.3 Å². The van der Waals surface area contributed by atoms with E-state index in [-0.39, 0.29) is 0 Å². The summed E-state index contributed by atoms with van der Waals surface area (Å²) >= 11 is 12.1. The average molecular weight is 318 g/mol. The van der Waals surface area contributed by atoms with Crippen LogP contribution < -0.4 is 5.32 Å². The molecule has 3 aromatic rings. The topological polar surface area (TPSA) is 37.8 Å². The van der Waals surface area contributed by atoms with Crippen molar-refractivity contribution in [2.75, 3.05) is 11.9 Å². The quantitative estimate of drug-likeness (QED) is 0.715.